The zero-order valence-corrected chi connectivity index (χ0v) is 11.0. The van der Waals surface area contributed by atoms with E-state index in [1.54, 1.807) is 18.2 Å². The minimum Gasteiger partial charge on any atom is -0.354 e. The van der Waals surface area contributed by atoms with Gasteiger partial charge >= 0.3 is 0 Å². The summed E-state index contributed by atoms with van der Waals surface area (Å²) in [6.07, 6.45) is -0.500. The van der Waals surface area contributed by atoms with Crippen LogP contribution >= 0.6 is 23.2 Å². The number of carbonyl (C=O) groups is 1. The second-order valence-electron chi connectivity index (χ2n) is 3.21. The number of amides is 1. The van der Waals surface area contributed by atoms with Crippen LogP contribution in [0, 0.1) is 0 Å². The van der Waals surface area contributed by atoms with Crippen molar-refractivity contribution in [3.05, 3.63) is 33.8 Å². The summed E-state index contributed by atoms with van der Waals surface area (Å²) >= 11 is 11.8. The molecule has 0 bridgehead atoms. The zero-order chi connectivity index (χ0) is 12.8. The molecule has 94 valence electrons. The van der Waals surface area contributed by atoms with Crippen molar-refractivity contribution in [3.8, 4) is 0 Å². The monoisotopic (exact) mass is 277 g/mol. The van der Waals surface area contributed by atoms with Gasteiger partial charge in [0.05, 0.1) is 22.2 Å². The molecule has 0 aliphatic rings. The van der Waals surface area contributed by atoms with E-state index in [-0.39, 0.29) is 18.0 Å². The highest BCUT2D eigenvalue weighted by molar-refractivity contribution is 6.39. The van der Waals surface area contributed by atoms with Gasteiger partial charge in [0, 0.05) is 14.2 Å². The number of nitrogens with one attached hydrogen (secondary N) is 1. The fraction of sp³-hybridized carbons (Fsp3) is 0.364. The van der Waals surface area contributed by atoms with Crippen LogP contribution in [-0.2, 0) is 9.47 Å². The van der Waals surface area contributed by atoms with Crippen LogP contribution in [0.4, 0.5) is 0 Å². The Kier molecular flexibility index (Phi) is 5.71. The number of carbonyl (C=O) groups excluding carboxylic acids is 1. The Morgan fingerprint density at radius 3 is 2.29 bits per heavy atom. The first-order valence-corrected chi connectivity index (χ1v) is 5.63. The Balaban J connectivity index is 2.70. The van der Waals surface area contributed by atoms with Crippen LogP contribution in [0.15, 0.2) is 18.2 Å². The molecule has 0 atom stereocenters. The van der Waals surface area contributed by atoms with Crippen LogP contribution in [0.25, 0.3) is 0 Å². The third-order valence-corrected chi connectivity index (χ3v) is 2.77. The molecule has 1 amide bonds. The van der Waals surface area contributed by atoms with Crippen LogP contribution in [0.3, 0.4) is 0 Å². The van der Waals surface area contributed by atoms with Gasteiger partial charge in [-0.2, -0.15) is 0 Å². The summed E-state index contributed by atoms with van der Waals surface area (Å²) in [6.45, 7) is 0.216. The van der Waals surface area contributed by atoms with E-state index in [2.05, 4.69) is 5.32 Å². The number of benzene rings is 1. The largest absolute Gasteiger partial charge is 0.354 e. The lowest BCUT2D eigenvalue weighted by Crippen LogP contribution is -2.34. The molecule has 1 aromatic rings. The van der Waals surface area contributed by atoms with Crippen molar-refractivity contribution in [1.82, 2.24) is 5.32 Å². The summed E-state index contributed by atoms with van der Waals surface area (Å²) in [7, 11) is 2.98. The highest BCUT2D eigenvalue weighted by atomic mass is 35.5. The van der Waals surface area contributed by atoms with Gasteiger partial charge in [0.1, 0.15) is 0 Å². The maximum Gasteiger partial charge on any atom is 0.254 e. The van der Waals surface area contributed by atoms with Crippen LogP contribution < -0.4 is 5.32 Å². The fourth-order valence-electron chi connectivity index (χ4n) is 1.24. The molecule has 1 N–H and O–H groups in total. The quantitative estimate of drug-likeness (QED) is 0.841. The van der Waals surface area contributed by atoms with Crippen molar-refractivity contribution in [2.45, 2.75) is 6.29 Å². The molecule has 1 rings (SSSR count). The standard InChI is InChI=1S/C11H13Cl2NO3/c1-16-9(17-2)6-14-11(15)10-7(12)4-3-5-8(10)13/h3-5,9H,6H2,1-2H3,(H,14,15). The molecule has 0 aliphatic carbocycles. The van der Waals surface area contributed by atoms with Crippen LogP contribution in [0.5, 0.6) is 0 Å². The van der Waals surface area contributed by atoms with E-state index >= 15 is 0 Å². The van der Waals surface area contributed by atoms with Gasteiger partial charge in [0.15, 0.2) is 6.29 Å². The second kappa shape index (κ2) is 6.81. The van der Waals surface area contributed by atoms with Crippen molar-refractivity contribution < 1.29 is 14.3 Å². The summed E-state index contributed by atoms with van der Waals surface area (Å²) in [6, 6.07) is 4.88. The maximum atomic E-state index is 11.8. The molecule has 0 radical (unpaired) electrons. The number of ether oxygens (including phenoxy) is 2. The van der Waals surface area contributed by atoms with Gasteiger partial charge in [0.2, 0.25) is 0 Å². The van der Waals surface area contributed by atoms with E-state index in [1.165, 1.54) is 14.2 Å². The van der Waals surface area contributed by atoms with Gasteiger partial charge < -0.3 is 14.8 Å². The zero-order valence-electron chi connectivity index (χ0n) is 9.50. The average Bonchev–Trinajstić information content (AvgIpc) is 2.30. The lowest BCUT2D eigenvalue weighted by Gasteiger charge is -2.14. The SMILES string of the molecule is COC(CNC(=O)c1c(Cl)cccc1Cl)OC. The molecule has 0 spiro atoms. The Labute approximate surface area is 110 Å². The molecule has 6 heteroatoms. The normalized spacial score (nSPS) is 10.6. The minimum atomic E-state index is -0.500. The minimum absolute atomic E-state index is 0.216. The molecule has 0 heterocycles. The first-order valence-electron chi connectivity index (χ1n) is 4.88. The van der Waals surface area contributed by atoms with Crippen molar-refractivity contribution in [2.75, 3.05) is 20.8 Å². The second-order valence-corrected chi connectivity index (χ2v) is 4.02. The lowest BCUT2D eigenvalue weighted by atomic mass is 10.2. The molecule has 0 unspecified atom stereocenters. The van der Waals surface area contributed by atoms with Gasteiger partial charge in [-0.15, -0.1) is 0 Å². The lowest BCUT2D eigenvalue weighted by molar-refractivity contribution is -0.0974. The molecule has 0 saturated heterocycles. The molecule has 4 nitrogen and oxygen atoms in total. The number of hydrogen-bond acceptors (Lipinski definition) is 3. The van der Waals surface area contributed by atoms with Crippen molar-refractivity contribution in [3.63, 3.8) is 0 Å². The highest BCUT2D eigenvalue weighted by Gasteiger charge is 2.15. The highest BCUT2D eigenvalue weighted by Crippen LogP contribution is 2.23. The number of halogens is 2. The molecule has 1 aromatic carbocycles. The first-order chi connectivity index (χ1) is 8.10. The summed E-state index contributed by atoms with van der Waals surface area (Å²) in [5.41, 5.74) is 0.252. The van der Waals surface area contributed by atoms with Crippen LogP contribution in [0.1, 0.15) is 10.4 Å². The molecule has 17 heavy (non-hydrogen) atoms. The molecule has 0 saturated carbocycles. The topological polar surface area (TPSA) is 47.6 Å². The smallest absolute Gasteiger partial charge is 0.254 e. The first kappa shape index (κ1) is 14.3. The maximum absolute atomic E-state index is 11.8. The fourth-order valence-corrected chi connectivity index (χ4v) is 1.81. The molecular weight excluding hydrogens is 265 g/mol. The van der Waals surface area contributed by atoms with E-state index in [1.807, 2.05) is 0 Å². The van der Waals surface area contributed by atoms with Gasteiger partial charge in [-0.25, -0.2) is 0 Å². The molecule has 0 aromatic heterocycles. The van der Waals surface area contributed by atoms with Crippen LogP contribution in [0.2, 0.25) is 10.0 Å². The molecule has 0 fully saturated rings. The summed E-state index contributed by atoms with van der Waals surface area (Å²) in [5.74, 6) is -0.361. The number of rotatable bonds is 5. The third kappa shape index (κ3) is 3.85. The van der Waals surface area contributed by atoms with E-state index in [9.17, 15) is 4.79 Å². The van der Waals surface area contributed by atoms with E-state index in [4.69, 9.17) is 32.7 Å². The van der Waals surface area contributed by atoms with Crippen molar-refractivity contribution in [2.24, 2.45) is 0 Å². The number of hydrogen-bond donors (Lipinski definition) is 1. The van der Waals surface area contributed by atoms with E-state index < -0.39 is 6.29 Å². The Hall–Kier alpha value is -0.810. The predicted octanol–water partition coefficient (Wildman–Crippen LogP) is 2.34. The Morgan fingerprint density at radius 2 is 1.82 bits per heavy atom. The third-order valence-electron chi connectivity index (χ3n) is 2.14. The average molecular weight is 278 g/mol. The van der Waals surface area contributed by atoms with Gasteiger partial charge in [-0.3, -0.25) is 4.79 Å². The van der Waals surface area contributed by atoms with E-state index in [0.29, 0.717) is 10.0 Å². The predicted molar refractivity (Wildman–Crippen MR) is 66.6 cm³/mol. The Morgan fingerprint density at radius 1 is 1.29 bits per heavy atom. The van der Waals surface area contributed by atoms with Crippen molar-refractivity contribution in [1.29, 1.82) is 0 Å². The van der Waals surface area contributed by atoms with Crippen LogP contribution in [-0.4, -0.2) is 33.0 Å². The Bertz CT molecular complexity index is 374. The van der Waals surface area contributed by atoms with Gasteiger partial charge in [0.25, 0.3) is 5.91 Å². The van der Waals surface area contributed by atoms with E-state index in [0.717, 1.165) is 0 Å². The van der Waals surface area contributed by atoms with Gasteiger partial charge in [-0.05, 0) is 12.1 Å². The summed E-state index contributed by atoms with van der Waals surface area (Å²) in [4.78, 5) is 11.8. The summed E-state index contributed by atoms with van der Waals surface area (Å²) in [5, 5.41) is 3.24. The summed E-state index contributed by atoms with van der Waals surface area (Å²) < 4.78 is 9.89. The number of methoxy groups -OCH3 is 2. The van der Waals surface area contributed by atoms with Crippen molar-refractivity contribution >= 4 is 29.1 Å². The van der Waals surface area contributed by atoms with Gasteiger partial charge in [-0.1, -0.05) is 29.3 Å². The molecule has 0 aliphatic heterocycles. The molecular formula is C11H13Cl2NO3.